The normalized spacial score (nSPS) is 16.0. The molecule has 2 rings (SSSR count). The fraction of sp³-hybridized carbons (Fsp3) is 0.600. The minimum atomic E-state index is 0.804. The third-order valence-corrected chi connectivity index (χ3v) is 4.55. The average molecular weight is 311 g/mol. The highest BCUT2D eigenvalue weighted by Gasteiger charge is 2.22. The van der Waals surface area contributed by atoms with E-state index in [1.807, 2.05) is 0 Å². The molecule has 18 heavy (non-hydrogen) atoms. The second-order valence-corrected chi connectivity index (χ2v) is 6.06. The highest BCUT2D eigenvalue weighted by Crippen LogP contribution is 2.27. The monoisotopic (exact) mass is 310 g/mol. The van der Waals surface area contributed by atoms with E-state index in [-0.39, 0.29) is 0 Å². The quantitative estimate of drug-likeness (QED) is 0.864. The van der Waals surface area contributed by atoms with Gasteiger partial charge in [0.2, 0.25) is 0 Å². The van der Waals surface area contributed by atoms with E-state index in [0.29, 0.717) is 0 Å². The maximum Gasteiger partial charge on any atom is 0.0244 e. The van der Waals surface area contributed by atoms with Gasteiger partial charge in [0.05, 0.1) is 0 Å². The molecule has 0 amide bonds. The van der Waals surface area contributed by atoms with Crippen LogP contribution in [0.2, 0.25) is 0 Å². The lowest BCUT2D eigenvalue weighted by Gasteiger charge is -2.35. The summed E-state index contributed by atoms with van der Waals surface area (Å²) in [4.78, 5) is 2.48. The van der Waals surface area contributed by atoms with E-state index in [4.69, 9.17) is 0 Å². The van der Waals surface area contributed by atoms with Gasteiger partial charge in [-0.3, -0.25) is 4.90 Å². The Hall–Kier alpha value is -0.380. The maximum atomic E-state index is 3.70. The Labute approximate surface area is 119 Å². The topological polar surface area (TPSA) is 15.3 Å². The molecule has 2 nitrogen and oxygen atoms in total. The lowest BCUT2D eigenvalue weighted by Crippen LogP contribution is -2.36. The fourth-order valence-corrected chi connectivity index (χ4v) is 2.88. The van der Waals surface area contributed by atoms with Crippen molar-refractivity contribution in [1.29, 1.82) is 0 Å². The van der Waals surface area contributed by atoms with Gasteiger partial charge in [0, 0.05) is 23.6 Å². The summed E-state index contributed by atoms with van der Waals surface area (Å²) in [6, 6.07) is 7.54. The summed E-state index contributed by atoms with van der Waals surface area (Å²) in [5.41, 5.74) is 2.74. The molecule has 0 atom stereocenters. The second-order valence-electron chi connectivity index (χ2n) is 5.21. The van der Waals surface area contributed by atoms with Gasteiger partial charge in [-0.25, -0.2) is 0 Å². The lowest BCUT2D eigenvalue weighted by molar-refractivity contribution is 0.152. The van der Waals surface area contributed by atoms with Crippen molar-refractivity contribution < 1.29 is 0 Å². The Balaban J connectivity index is 1.95. The van der Waals surface area contributed by atoms with Gasteiger partial charge < -0.3 is 5.32 Å². The molecule has 100 valence electrons. The van der Waals surface area contributed by atoms with E-state index < -0.39 is 0 Å². The number of nitrogens with one attached hydrogen (secondary N) is 1. The summed E-state index contributed by atoms with van der Waals surface area (Å²) >= 11 is 3.70. The molecule has 1 aliphatic rings. The van der Waals surface area contributed by atoms with Gasteiger partial charge >= 0.3 is 0 Å². The van der Waals surface area contributed by atoms with Crippen LogP contribution in [0.1, 0.15) is 37.3 Å². The van der Waals surface area contributed by atoms with Gasteiger partial charge in [-0.05, 0) is 43.6 Å². The summed E-state index contributed by atoms with van der Waals surface area (Å²) < 4.78 is 1.24. The first kappa shape index (κ1) is 14.0. The minimum absolute atomic E-state index is 0.804. The van der Waals surface area contributed by atoms with Crippen molar-refractivity contribution in [1.82, 2.24) is 10.2 Å². The van der Waals surface area contributed by atoms with Crippen molar-refractivity contribution in [3.63, 3.8) is 0 Å². The Morgan fingerprint density at radius 3 is 2.72 bits per heavy atom. The van der Waals surface area contributed by atoms with Crippen LogP contribution in [0.15, 0.2) is 22.7 Å². The van der Waals surface area contributed by atoms with Crippen molar-refractivity contribution in [3.05, 3.63) is 33.8 Å². The molecule has 1 saturated carbocycles. The average Bonchev–Trinajstić information content (AvgIpc) is 2.27. The molecule has 1 aromatic carbocycles. The summed E-state index contributed by atoms with van der Waals surface area (Å²) in [6.45, 7) is 5.15. The van der Waals surface area contributed by atoms with E-state index >= 15 is 0 Å². The standard InChI is InChI=1S/C15H23BrN2/c1-3-17-10-12-7-8-13(15(16)9-12)11-18(2)14-5-4-6-14/h7-9,14,17H,3-6,10-11H2,1-2H3. The molecule has 1 aliphatic carbocycles. The molecule has 3 heteroatoms. The first-order valence-electron chi connectivity index (χ1n) is 6.89. The Morgan fingerprint density at radius 2 is 2.17 bits per heavy atom. The maximum absolute atomic E-state index is 3.70. The van der Waals surface area contributed by atoms with E-state index in [1.54, 1.807) is 0 Å². The molecular weight excluding hydrogens is 288 g/mol. The van der Waals surface area contributed by atoms with Crippen molar-refractivity contribution in [3.8, 4) is 0 Å². The molecule has 1 fully saturated rings. The van der Waals surface area contributed by atoms with Crippen LogP contribution < -0.4 is 5.32 Å². The van der Waals surface area contributed by atoms with Gasteiger partial charge in [-0.1, -0.05) is 41.4 Å². The SMILES string of the molecule is CCNCc1ccc(CN(C)C2CCC2)c(Br)c1. The van der Waals surface area contributed by atoms with Crippen LogP contribution in [-0.2, 0) is 13.1 Å². The predicted molar refractivity (Wildman–Crippen MR) is 80.6 cm³/mol. The molecule has 0 spiro atoms. The van der Waals surface area contributed by atoms with Crippen LogP contribution in [0.4, 0.5) is 0 Å². The van der Waals surface area contributed by atoms with Crippen molar-refractivity contribution >= 4 is 15.9 Å². The highest BCUT2D eigenvalue weighted by molar-refractivity contribution is 9.10. The van der Waals surface area contributed by atoms with Crippen molar-refractivity contribution in [2.45, 2.75) is 45.3 Å². The molecule has 1 aromatic rings. The number of hydrogen-bond donors (Lipinski definition) is 1. The third kappa shape index (κ3) is 3.56. The van der Waals surface area contributed by atoms with Crippen molar-refractivity contribution in [2.24, 2.45) is 0 Å². The third-order valence-electron chi connectivity index (χ3n) is 3.81. The highest BCUT2D eigenvalue weighted by atomic mass is 79.9. The van der Waals surface area contributed by atoms with E-state index in [2.05, 4.69) is 58.3 Å². The number of halogens is 1. The minimum Gasteiger partial charge on any atom is -0.313 e. The molecule has 0 aliphatic heterocycles. The van der Waals surface area contributed by atoms with Crippen LogP contribution in [0.25, 0.3) is 0 Å². The lowest BCUT2D eigenvalue weighted by atomic mass is 9.91. The Morgan fingerprint density at radius 1 is 1.39 bits per heavy atom. The molecule has 0 heterocycles. The van der Waals surface area contributed by atoms with Gasteiger partial charge in [-0.15, -0.1) is 0 Å². The molecule has 0 radical (unpaired) electrons. The predicted octanol–water partition coefficient (Wildman–Crippen LogP) is 3.54. The Kier molecular flexibility index (Phi) is 5.22. The van der Waals surface area contributed by atoms with Crippen LogP contribution >= 0.6 is 15.9 Å². The largest absolute Gasteiger partial charge is 0.313 e. The smallest absolute Gasteiger partial charge is 0.0244 e. The van der Waals surface area contributed by atoms with Gasteiger partial charge in [-0.2, -0.15) is 0 Å². The van der Waals surface area contributed by atoms with E-state index in [0.717, 1.165) is 25.7 Å². The summed E-state index contributed by atoms with van der Waals surface area (Å²) in [7, 11) is 2.24. The number of hydrogen-bond acceptors (Lipinski definition) is 2. The van der Waals surface area contributed by atoms with Crippen LogP contribution in [0.3, 0.4) is 0 Å². The summed E-state index contributed by atoms with van der Waals surface area (Å²) in [5, 5.41) is 3.36. The van der Waals surface area contributed by atoms with Crippen molar-refractivity contribution in [2.75, 3.05) is 13.6 Å². The zero-order valence-electron chi connectivity index (χ0n) is 11.4. The van der Waals surface area contributed by atoms with Gasteiger partial charge in [0.15, 0.2) is 0 Å². The summed E-state index contributed by atoms with van der Waals surface area (Å²) in [6.07, 6.45) is 4.14. The number of rotatable bonds is 6. The van der Waals surface area contributed by atoms with Crippen LogP contribution in [-0.4, -0.2) is 24.5 Å². The molecule has 0 saturated heterocycles. The van der Waals surface area contributed by atoms with Crippen LogP contribution in [0.5, 0.6) is 0 Å². The molecule has 1 N–H and O–H groups in total. The molecular formula is C15H23BrN2. The zero-order valence-corrected chi connectivity index (χ0v) is 13.0. The van der Waals surface area contributed by atoms with E-state index in [9.17, 15) is 0 Å². The fourth-order valence-electron chi connectivity index (χ4n) is 2.32. The van der Waals surface area contributed by atoms with Gasteiger partial charge in [0.25, 0.3) is 0 Å². The summed E-state index contributed by atoms with van der Waals surface area (Å²) in [5.74, 6) is 0. The number of benzene rings is 1. The van der Waals surface area contributed by atoms with Gasteiger partial charge in [0.1, 0.15) is 0 Å². The molecule has 0 aromatic heterocycles. The number of nitrogens with zero attached hydrogens (tertiary/aromatic N) is 1. The first-order chi connectivity index (χ1) is 8.70. The van der Waals surface area contributed by atoms with E-state index in [1.165, 1.54) is 34.9 Å². The first-order valence-corrected chi connectivity index (χ1v) is 7.68. The molecule has 0 bridgehead atoms. The zero-order chi connectivity index (χ0) is 13.0. The second kappa shape index (κ2) is 6.69. The van der Waals surface area contributed by atoms with Crippen LogP contribution in [0, 0.1) is 0 Å². The molecule has 0 unspecified atom stereocenters. The Bertz CT molecular complexity index is 388.